The molecule has 2 saturated heterocycles. The molecule has 8 nitrogen and oxygen atoms in total. The maximum absolute atomic E-state index is 12.7. The van der Waals surface area contributed by atoms with Crippen LogP contribution in [0, 0.1) is 0 Å². The van der Waals surface area contributed by atoms with Crippen molar-refractivity contribution in [3.63, 3.8) is 0 Å². The molecule has 4 amide bonds. The number of rotatable bonds is 7. The maximum Gasteiger partial charge on any atom is 0.325 e. The molecule has 0 aromatic heterocycles. The first-order valence-electron chi connectivity index (χ1n) is 10.9. The molecule has 0 spiro atoms. The lowest BCUT2D eigenvalue weighted by Gasteiger charge is -2.36. The number of carbonyl (C=O) groups is 3. The number of ether oxygens (including phenoxy) is 1. The third-order valence-electron chi connectivity index (χ3n) is 6.01. The summed E-state index contributed by atoms with van der Waals surface area (Å²) in [5, 5.41) is 2.72. The van der Waals surface area contributed by atoms with Crippen LogP contribution in [-0.4, -0.2) is 67.0 Å². The number of carbonyl (C=O) groups excluding carboxylic acids is 3. The molecule has 0 saturated carbocycles. The second kappa shape index (κ2) is 9.72. The van der Waals surface area contributed by atoms with E-state index in [9.17, 15) is 14.4 Å². The molecule has 0 radical (unpaired) electrons. The van der Waals surface area contributed by atoms with Gasteiger partial charge in [-0.1, -0.05) is 30.3 Å². The molecule has 2 aliphatic rings. The van der Waals surface area contributed by atoms with Gasteiger partial charge in [-0.2, -0.15) is 0 Å². The van der Waals surface area contributed by atoms with Gasteiger partial charge in [0.05, 0.1) is 13.7 Å². The highest BCUT2D eigenvalue weighted by atomic mass is 16.5. The lowest BCUT2D eigenvalue weighted by molar-refractivity contribution is -0.132. The summed E-state index contributed by atoms with van der Waals surface area (Å²) >= 11 is 0. The highest BCUT2D eigenvalue weighted by molar-refractivity contribution is 6.04. The predicted octanol–water partition coefficient (Wildman–Crippen LogP) is 2.24. The fourth-order valence-corrected chi connectivity index (χ4v) is 4.11. The van der Waals surface area contributed by atoms with Crippen molar-refractivity contribution >= 4 is 23.5 Å². The summed E-state index contributed by atoms with van der Waals surface area (Å²) in [5.41, 5.74) is 2.00. The van der Waals surface area contributed by atoms with Crippen molar-refractivity contribution in [3.05, 3.63) is 60.2 Å². The van der Waals surface area contributed by atoms with E-state index < -0.39 is 12.1 Å². The molecule has 2 heterocycles. The van der Waals surface area contributed by atoms with Crippen LogP contribution in [0.2, 0.25) is 0 Å². The SMILES string of the molecule is COc1ccc(CN2C(=O)N[C@@H](CCC(=O)N3CCN(c4ccccc4)CC3)C2=O)cc1. The molecular weight excluding hydrogens is 408 g/mol. The number of methoxy groups -OCH3 is 1. The Morgan fingerprint density at radius 2 is 1.69 bits per heavy atom. The zero-order valence-corrected chi connectivity index (χ0v) is 18.2. The van der Waals surface area contributed by atoms with Gasteiger partial charge in [-0.25, -0.2) is 4.79 Å². The molecule has 0 aliphatic carbocycles. The van der Waals surface area contributed by atoms with E-state index in [2.05, 4.69) is 22.3 Å². The van der Waals surface area contributed by atoms with Crippen LogP contribution in [0.15, 0.2) is 54.6 Å². The van der Waals surface area contributed by atoms with Crippen LogP contribution in [0.4, 0.5) is 10.5 Å². The van der Waals surface area contributed by atoms with E-state index in [0.717, 1.165) is 24.3 Å². The average Bonchev–Trinajstić information content (AvgIpc) is 3.11. The summed E-state index contributed by atoms with van der Waals surface area (Å²) in [7, 11) is 1.58. The van der Waals surface area contributed by atoms with Crippen LogP contribution in [0.5, 0.6) is 5.75 Å². The normalized spacial score (nSPS) is 18.7. The summed E-state index contributed by atoms with van der Waals surface area (Å²) in [4.78, 5) is 43.0. The molecule has 2 aromatic rings. The topological polar surface area (TPSA) is 82.2 Å². The highest BCUT2D eigenvalue weighted by Gasteiger charge is 2.38. The zero-order chi connectivity index (χ0) is 22.5. The largest absolute Gasteiger partial charge is 0.497 e. The van der Waals surface area contributed by atoms with Crippen LogP contribution in [-0.2, 0) is 16.1 Å². The van der Waals surface area contributed by atoms with Gasteiger partial charge in [0.15, 0.2) is 0 Å². The Labute approximate surface area is 187 Å². The van der Waals surface area contributed by atoms with Gasteiger partial charge in [0.1, 0.15) is 11.8 Å². The van der Waals surface area contributed by atoms with Gasteiger partial charge in [-0.3, -0.25) is 14.5 Å². The molecule has 168 valence electrons. The number of para-hydroxylation sites is 1. The van der Waals surface area contributed by atoms with Crippen molar-refractivity contribution < 1.29 is 19.1 Å². The molecule has 2 aromatic carbocycles. The fourth-order valence-electron chi connectivity index (χ4n) is 4.11. The van der Waals surface area contributed by atoms with Gasteiger partial charge in [0, 0.05) is 38.3 Å². The van der Waals surface area contributed by atoms with Crippen molar-refractivity contribution in [2.24, 2.45) is 0 Å². The van der Waals surface area contributed by atoms with Crippen molar-refractivity contribution in [1.82, 2.24) is 15.1 Å². The molecule has 32 heavy (non-hydrogen) atoms. The summed E-state index contributed by atoms with van der Waals surface area (Å²) in [6.45, 7) is 3.07. The Balaban J connectivity index is 1.25. The number of anilines is 1. The van der Waals surface area contributed by atoms with E-state index in [1.54, 1.807) is 19.2 Å². The van der Waals surface area contributed by atoms with E-state index in [0.29, 0.717) is 25.3 Å². The van der Waals surface area contributed by atoms with Crippen molar-refractivity contribution in [1.29, 1.82) is 0 Å². The molecule has 0 unspecified atom stereocenters. The minimum absolute atomic E-state index is 0.0216. The third-order valence-corrected chi connectivity index (χ3v) is 6.01. The second-order valence-electron chi connectivity index (χ2n) is 8.02. The highest BCUT2D eigenvalue weighted by Crippen LogP contribution is 2.19. The van der Waals surface area contributed by atoms with Crippen molar-refractivity contribution in [2.45, 2.75) is 25.4 Å². The first-order chi connectivity index (χ1) is 15.5. The first kappa shape index (κ1) is 21.7. The first-order valence-corrected chi connectivity index (χ1v) is 10.9. The lowest BCUT2D eigenvalue weighted by atomic mass is 10.1. The van der Waals surface area contributed by atoms with E-state index >= 15 is 0 Å². The Kier molecular flexibility index (Phi) is 6.58. The van der Waals surface area contributed by atoms with Gasteiger partial charge in [0.2, 0.25) is 5.91 Å². The minimum Gasteiger partial charge on any atom is -0.497 e. The number of hydrogen-bond donors (Lipinski definition) is 1. The summed E-state index contributed by atoms with van der Waals surface area (Å²) in [6.07, 6.45) is 0.541. The number of imide groups is 1. The van der Waals surface area contributed by atoms with Crippen LogP contribution in [0.25, 0.3) is 0 Å². The summed E-state index contributed by atoms with van der Waals surface area (Å²) < 4.78 is 5.13. The minimum atomic E-state index is -0.657. The lowest BCUT2D eigenvalue weighted by Crippen LogP contribution is -2.49. The molecule has 1 atom stereocenters. The van der Waals surface area contributed by atoms with E-state index in [4.69, 9.17) is 4.74 Å². The Morgan fingerprint density at radius 1 is 1.00 bits per heavy atom. The van der Waals surface area contributed by atoms with Crippen LogP contribution < -0.4 is 15.0 Å². The van der Waals surface area contributed by atoms with Gasteiger partial charge in [-0.05, 0) is 36.2 Å². The number of urea groups is 1. The quantitative estimate of drug-likeness (QED) is 0.674. The molecular formula is C24H28N4O4. The maximum atomic E-state index is 12.7. The van der Waals surface area contributed by atoms with Gasteiger partial charge < -0.3 is 19.9 Å². The zero-order valence-electron chi connectivity index (χ0n) is 18.2. The molecule has 8 heteroatoms. The Hall–Kier alpha value is -3.55. The van der Waals surface area contributed by atoms with Crippen LogP contribution in [0.3, 0.4) is 0 Å². The van der Waals surface area contributed by atoms with E-state index in [-0.39, 0.29) is 24.8 Å². The van der Waals surface area contributed by atoms with Gasteiger partial charge >= 0.3 is 6.03 Å². The fraction of sp³-hybridized carbons (Fsp3) is 0.375. The van der Waals surface area contributed by atoms with E-state index in [1.165, 1.54) is 4.90 Å². The molecule has 4 rings (SSSR count). The average molecular weight is 437 g/mol. The van der Waals surface area contributed by atoms with Crippen LogP contribution in [0.1, 0.15) is 18.4 Å². The van der Waals surface area contributed by atoms with Gasteiger partial charge in [0.25, 0.3) is 5.91 Å². The van der Waals surface area contributed by atoms with Crippen molar-refractivity contribution in [3.8, 4) is 5.75 Å². The van der Waals surface area contributed by atoms with E-state index in [1.807, 2.05) is 35.2 Å². The monoisotopic (exact) mass is 436 g/mol. The van der Waals surface area contributed by atoms with Crippen molar-refractivity contribution in [2.75, 3.05) is 38.2 Å². The Morgan fingerprint density at radius 3 is 2.34 bits per heavy atom. The smallest absolute Gasteiger partial charge is 0.325 e. The van der Waals surface area contributed by atoms with Crippen LogP contribution >= 0.6 is 0 Å². The number of hydrogen-bond acceptors (Lipinski definition) is 5. The summed E-state index contributed by atoms with van der Waals surface area (Å²) in [6, 6.07) is 16.3. The third kappa shape index (κ3) is 4.85. The number of nitrogens with zero attached hydrogens (tertiary/aromatic N) is 3. The standard InChI is InChI=1S/C24H28N4O4/c1-32-20-9-7-18(8-10-20)17-28-23(30)21(25-24(28)31)11-12-22(29)27-15-13-26(14-16-27)19-5-3-2-4-6-19/h2-10,21H,11-17H2,1H3,(H,25,31)/t21-/m0/s1. The predicted molar refractivity (Wildman–Crippen MR) is 120 cm³/mol. The number of nitrogens with one attached hydrogen (secondary N) is 1. The number of amides is 4. The molecule has 2 fully saturated rings. The second-order valence-corrected chi connectivity index (χ2v) is 8.02. The molecule has 0 bridgehead atoms. The molecule has 2 aliphatic heterocycles. The number of piperazine rings is 1. The Bertz CT molecular complexity index is 956. The number of benzene rings is 2. The van der Waals surface area contributed by atoms with Gasteiger partial charge in [-0.15, -0.1) is 0 Å². The molecule has 1 N–H and O–H groups in total. The summed E-state index contributed by atoms with van der Waals surface area (Å²) in [5.74, 6) is 0.452.